The minimum Gasteiger partial charge on any atom is -0.480 e. The van der Waals surface area contributed by atoms with Gasteiger partial charge in [0.25, 0.3) is 0 Å². The molecule has 0 atom stereocenters. The summed E-state index contributed by atoms with van der Waals surface area (Å²) in [4.78, 5) is 20.4. The van der Waals surface area contributed by atoms with E-state index in [9.17, 15) is 9.59 Å². The molecule has 70 valence electrons. The van der Waals surface area contributed by atoms with Gasteiger partial charge in [-0.05, 0) is 0 Å². The van der Waals surface area contributed by atoms with Crippen LogP contribution in [0.5, 0.6) is 0 Å². The van der Waals surface area contributed by atoms with E-state index in [2.05, 4.69) is 9.47 Å². The van der Waals surface area contributed by atoms with Crippen molar-refractivity contribution in [2.75, 3.05) is 19.3 Å². The van der Waals surface area contributed by atoms with E-state index in [4.69, 9.17) is 16.7 Å². The summed E-state index contributed by atoms with van der Waals surface area (Å²) in [7, 11) is 0. The predicted molar refractivity (Wildman–Crippen MR) is 39.9 cm³/mol. The minimum absolute atomic E-state index is 0.0952. The molecule has 0 saturated heterocycles. The molecule has 0 spiro atoms. The van der Waals surface area contributed by atoms with Crippen molar-refractivity contribution in [1.82, 2.24) is 0 Å². The van der Waals surface area contributed by atoms with Gasteiger partial charge in [0.1, 0.15) is 6.61 Å². The Kier molecular flexibility index (Phi) is 6.41. The minimum atomic E-state index is -1.11. The monoisotopic (exact) mass is 196 g/mol. The first-order valence-electron chi connectivity index (χ1n) is 3.18. The van der Waals surface area contributed by atoms with E-state index in [1.807, 2.05) is 0 Å². The van der Waals surface area contributed by atoms with Crippen LogP contribution in [0.4, 0.5) is 0 Å². The van der Waals surface area contributed by atoms with Gasteiger partial charge >= 0.3 is 11.9 Å². The van der Waals surface area contributed by atoms with Gasteiger partial charge in [0.15, 0.2) is 6.79 Å². The van der Waals surface area contributed by atoms with Gasteiger partial charge in [-0.15, -0.1) is 11.6 Å². The molecule has 0 amide bonds. The largest absolute Gasteiger partial charge is 0.480 e. The highest BCUT2D eigenvalue weighted by Crippen LogP contribution is 1.89. The lowest BCUT2D eigenvalue weighted by molar-refractivity contribution is -0.162. The molecule has 6 heteroatoms. The molecule has 0 saturated carbocycles. The standard InChI is InChI=1S/C6H9ClO5/c7-2-1-6(10)12-4-11-3-5(8)9/h1-4H2,(H,8,9). The zero-order valence-corrected chi connectivity index (χ0v) is 7.04. The third kappa shape index (κ3) is 7.30. The van der Waals surface area contributed by atoms with Crippen molar-refractivity contribution in [1.29, 1.82) is 0 Å². The number of hydrogen-bond donors (Lipinski definition) is 1. The van der Waals surface area contributed by atoms with Gasteiger partial charge in [-0.3, -0.25) is 4.79 Å². The van der Waals surface area contributed by atoms with Crippen LogP contribution in [0.1, 0.15) is 6.42 Å². The molecule has 0 bridgehead atoms. The number of esters is 1. The van der Waals surface area contributed by atoms with Crippen molar-refractivity contribution < 1.29 is 24.2 Å². The molecule has 0 aromatic rings. The summed E-state index contributed by atoms with van der Waals surface area (Å²) in [6.45, 7) is -0.823. The average molecular weight is 197 g/mol. The second-order valence-electron chi connectivity index (χ2n) is 1.82. The molecule has 0 aromatic heterocycles. The molecular formula is C6H9ClO5. The summed E-state index contributed by atoms with van der Waals surface area (Å²) in [6.07, 6.45) is 0.0952. The Balaban J connectivity index is 3.19. The number of carbonyl (C=O) groups excluding carboxylic acids is 1. The molecular weight excluding hydrogens is 188 g/mol. The molecule has 0 rings (SSSR count). The highest BCUT2D eigenvalue weighted by atomic mass is 35.5. The van der Waals surface area contributed by atoms with Crippen LogP contribution in [0.3, 0.4) is 0 Å². The van der Waals surface area contributed by atoms with Gasteiger partial charge in [-0.2, -0.15) is 0 Å². The third-order valence-corrected chi connectivity index (χ3v) is 1.02. The Morgan fingerprint density at radius 3 is 2.58 bits per heavy atom. The van der Waals surface area contributed by atoms with E-state index in [-0.39, 0.29) is 19.1 Å². The Hall–Kier alpha value is -0.810. The normalized spacial score (nSPS) is 9.42. The number of hydrogen-bond acceptors (Lipinski definition) is 4. The van der Waals surface area contributed by atoms with E-state index in [0.717, 1.165) is 0 Å². The van der Waals surface area contributed by atoms with Gasteiger partial charge in [-0.25, -0.2) is 4.79 Å². The van der Waals surface area contributed by atoms with Gasteiger partial charge in [-0.1, -0.05) is 0 Å². The van der Waals surface area contributed by atoms with Crippen molar-refractivity contribution in [3.05, 3.63) is 0 Å². The lowest BCUT2D eigenvalue weighted by atomic mass is 10.5. The van der Waals surface area contributed by atoms with Crippen LogP contribution in [-0.4, -0.2) is 36.3 Å². The van der Waals surface area contributed by atoms with Crippen molar-refractivity contribution in [3.8, 4) is 0 Å². The molecule has 0 unspecified atom stereocenters. The number of aliphatic carboxylic acids is 1. The maximum atomic E-state index is 10.6. The zero-order chi connectivity index (χ0) is 9.40. The summed E-state index contributed by atoms with van der Waals surface area (Å²) in [6, 6.07) is 0. The van der Waals surface area contributed by atoms with E-state index in [1.54, 1.807) is 0 Å². The van der Waals surface area contributed by atoms with Crippen molar-refractivity contribution in [2.24, 2.45) is 0 Å². The third-order valence-electron chi connectivity index (χ3n) is 0.827. The zero-order valence-electron chi connectivity index (χ0n) is 6.29. The maximum Gasteiger partial charge on any atom is 0.329 e. The molecule has 0 fully saturated rings. The second kappa shape index (κ2) is 6.87. The number of carboxylic acid groups (broad SMARTS) is 1. The summed E-state index contributed by atoms with van der Waals surface area (Å²) in [5, 5.41) is 8.10. The Labute approximate surface area is 74.2 Å². The van der Waals surface area contributed by atoms with Gasteiger partial charge in [0.05, 0.1) is 6.42 Å². The highest BCUT2D eigenvalue weighted by Gasteiger charge is 2.01. The van der Waals surface area contributed by atoms with Crippen LogP contribution < -0.4 is 0 Å². The number of halogens is 1. The quantitative estimate of drug-likeness (QED) is 0.285. The van der Waals surface area contributed by atoms with Crippen LogP contribution >= 0.6 is 11.6 Å². The molecule has 0 heterocycles. The molecule has 5 nitrogen and oxygen atoms in total. The molecule has 12 heavy (non-hydrogen) atoms. The first-order valence-corrected chi connectivity index (χ1v) is 3.71. The van der Waals surface area contributed by atoms with Crippen molar-refractivity contribution in [2.45, 2.75) is 6.42 Å². The summed E-state index contributed by atoms with van der Waals surface area (Å²) >= 11 is 5.22. The van der Waals surface area contributed by atoms with E-state index >= 15 is 0 Å². The van der Waals surface area contributed by atoms with Crippen LogP contribution in [0.2, 0.25) is 0 Å². The molecule has 0 aliphatic carbocycles. The Morgan fingerprint density at radius 2 is 2.08 bits per heavy atom. The van der Waals surface area contributed by atoms with Crippen molar-refractivity contribution in [3.63, 3.8) is 0 Å². The van der Waals surface area contributed by atoms with E-state index in [0.29, 0.717) is 0 Å². The summed E-state index contributed by atoms with van der Waals surface area (Å²) in [5.41, 5.74) is 0. The fourth-order valence-electron chi connectivity index (χ4n) is 0.386. The van der Waals surface area contributed by atoms with Crippen LogP contribution in [0, 0.1) is 0 Å². The maximum absolute atomic E-state index is 10.6. The highest BCUT2D eigenvalue weighted by molar-refractivity contribution is 6.18. The Morgan fingerprint density at radius 1 is 1.42 bits per heavy atom. The molecule has 0 aromatic carbocycles. The topological polar surface area (TPSA) is 72.8 Å². The number of alkyl halides is 1. The molecule has 1 N–H and O–H groups in total. The van der Waals surface area contributed by atoms with Gasteiger partial charge < -0.3 is 14.6 Å². The van der Waals surface area contributed by atoms with Crippen LogP contribution in [-0.2, 0) is 19.1 Å². The first kappa shape index (κ1) is 11.2. The number of carboxylic acids is 1. The second-order valence-corrected chi connectivity index (χ2v) is 2.19. The van der Waals surface area contributed by atoms with Crippen LogP contribution in [0.15, 0.2) is 0 Å². The van der Waals surface area contributed by atoms with Crippen LogP contribution in [0.25, 0.3) is 0 Å². The summed E-state index contributed by atoms with van der Waals surface area (Å²) < 4.78 is 8.85. The van der Waals surface area contributed by atoms with E-state index < -0.39 is 18.5 Å². The number of carbonyl (C=O) groups is 2. The Bertz CT molecular complexity index is 158. The molecule has 0 radical (unpaired) electrons. The van der Waals surface area contributed by atoms with E-state index in [1.165, 1.54) is 0 Å². The lowest BCUT2D eigenvalue weighted by Crippen LogP contribution is -2.13. The lowest BCUT2D eigenvalue weighted by Gasteiger charge is -2.02. The SMILES string of the molecule is O=C(O)COCOC(=O)CCCl. The average Bonchev–Trinajstić information content (AvgIpc) is 1.98. The summed E-state index contributed by atoms with van der Waals surface area (Å²) in [5.74, 6) is -1.43. The molecule has 0 aliphatic rings. The predicted octanol–water partition coefficient (Wildman–Crippen LogP) is 0.217. The van der Waals surface area contributed by atoms with Gasteiger partial charge in [0.2, 0.25) is 0 Å². The first-order chi connectivity index (χ1) is 5.66. The van der Waals surface area contributed by atoms with Gasteiger partial charge in [0, 0.05) is 5.88 Å². The fraction of sp³-hybridized carbons (Fsp3) is 0.667. The number of ether oxygens (including phenoxy) is 2. The number of rotatable bonds is 6. The molecule has 0 aliphatic heterocycles. The smallest absolute Gasteiger partial charge is 0.329 e. The van der Waals surface area contributed by atoms with Crippen molar-refractivity contribution >= 4 is 23.5 Å². The fourth-order valence-corrected chi connectivity index (χ4v) is 0.540.